The maximum Gasteiger partial charge on any atom is 0.161 e. The van der Waals surface area contributed by atoms with E-state index in [4.69, 9.17) is 0 Å². The molecule has 0 bridgehead atoms. The molecule has 0 unspecified atom stereocenters. The molecule has 2 nitrogen and oxygen atoms in total. The third kappa shape index (κ3) is 1.20. The van der Waals surface area contributed by atoms with Crippen LogP contribution in [0.4, 0.5) is 0 Å². The summed E-state index contributed by atoms with van der Waals surface area (Å²) in [6.45, 7) is 5.56. The van der Waals surface area contributed by atoms with Crippen LogP contribution < -0.4 is 0 Å². The first-order chi connectivity index (χ1) is 5.04. The summed E-state index contributed by atoms with van der Waals surface area (Å²) in [4.78, 5) is 11.0. The van der Waals surface area contributed by atoms with Crippen LogP contribution >= 0.6 is 0 Å². The van der Waals surface area contributed by atoms with Crippen molar-refractivity contribution >= 4 is 5.78 Å². The fourth-order valence-electron chi connectivity index (χ4n) is 1.21. The summed E-state index contributed by atoms with van der Waals surface area (Å²) in [6.07, 6.45) is 0. The van der Waals surface area contributed by atoms with Crippen molar-refractivity contribution in [3.8, 4) is 0 Å². The number of Topliss-reactive ketones (excluding diaryl/α,β-unsaturated/α-hetero) is 1. The SMILES string of the molecule is CC(=O)c1cc(C)n(C)c1C. The Hall–Kier alpha value is -1.05. The standard InChI is InChI=1S/C9H13NO/c1-6-5-9(8(3)11)7(2)10(6)4/h5H,1-4H3. The number of carbonyl (C=O) groups excluding carboxylic acids is 1. The van der Waals surface area contributed by atoms with Gasteiger partial charge in [0.1, 0.15) is 0 Å². The van der Waals surface area contributed by atoms with E-state index in [1.54, 1.807) is 6.92 Å². The first-order valence-electron chi connectivity index (χ1n) is 3.68. The molecule has 0 fully saturated rings. The zero-order valence-corrected chi connectivity index (χ0v) is 7.43. The van der Waals surface area contributed by atoms with E-state index in [1.807, 2.05) is 31.5 Å². The average Bonchev–Trinajstić information content (AvgIpc) is 2.17. The number of ketones is 1. The largest absolute Gasteiger partial charge is 0.351 e. The molecule has 0 amide bonds. The lowest BCUT2D eigenvalue weighted by molar-refractivity contribution is 0.101. The normalized spacial score (nSPS) is 10.2. The predicted octanol–water partition coefficient (Wildman–Crippen LogP) is 1.84. The van der Waals surface area contributed by atoms with E-state index < -0.39 is 0 Å². The molecule has 11 heavy (non-hydrogen) atoms. The van der Waals surface area contributed by atoms with Crippen molar-refractivity contribution in [2.75, 3.05) is 0 Å². The minimum Gasteiger partial charge on any atom is -0.351 e. The molecule has 0 aliphatic heterocycles. The van der Waals surface area contributed by atoms with Crippen molar-refractivity contribution in [3.05, 3.63) is 23.0 Å². The number of aromatic nitrogens is 1. The molecule has 0 saturated carbocycles. The predicted molar refractivity (Wildman–Crippen MR) is 44.9 cm³/mol. The number of hydrogen-bond donors (Lipinski definition) is 0. The number of rotatable bonds is 1. The van der Waals surface area contributed by atoms with Crippen LogP contribution in [0.5, 0.6) is 0 Å². The lowest BCUT2D eigenvalue weighted by atomic mass is 10.2. The first kappa shape index (κ1) is 8.05. The third-order valence-corrected chi connectivity index (χ3v) is 2.15. The van der Waals surface area contributed by atoms with Crippen molar-refractivity contribution < 1.29 is 4.79 Å². The topological polar surface area (TPSA) is 22.0 Å². The molecule has 0 aliphatic carbocycles. The average molecular weight is 151 g/mol. The Balaban J connectivity index is 3.29. The van der Waals surface area contributed by atoms with Gasteiger partial charge in [0.05, 0.1) is 0 Å². The van der Waals surface area contributed by atoms with Gasteiger partial charge in [-0.1, -0.05) is 0 Å². The number of hydrogen-bond acceptors (Lipinski definition) is 1. The highest BCUT2D eigenvalue weighted by molar-refractivity contribution is 5.95. The molecule has 2 heteroatoms. The molecular weight excluding hydrogens is 138 g/mol. The van der Waals surface area contributed by atoms with Gasteiger partial charge in [0.15, 0.2) is 5.78 Å². The van der Waals surface area contributed by atoms with Crippen molar-refractivity contribution in [1.29, 1.82) is 0 Å². The highest BCUT2D eigenvalue weighted by Crippen LogP contribution is 2.12. The van der Waals surface area contributed by atoms with Crippen LogP contribution in [0.2, 0.25) is 0 Å². The van der Waals surface area contributed by atoms with Crippen LogP contribution in [-0.2, 0) is 7.05 Å². The van der Waals surface area contributed by atoms with Gasteiger partial charge in [0, 0.05) is 24.0 Å². The molecule has 60 valence electrons. The second-order valence-corrected chi connectivity index (χ2v) is 2.90. The number of carbonyl (C=O) groups is 1. The Bertz CT molecular complexity index is 297. The van der Waals surface area contributed by atoms with E-state index in [-0.39, 0.29) is 5.78 Å². The smallest absolute Gasteiger partial charge is 0.161 e. The molecular formula is C9H13NO. The number of aryl methyl sites for hydroxylation is 1. The third-order valence-electron chi connectivity index (χ3n) is 2.15. The van der Waals surface area contributed by atoms with Gasteiger partial charge in [0.2, 0.25) is 0 Å². The summed E-state index contributed by atoms with van der Waals surface area (Å²) in [5.41, 5.74) is 3.02. The quantitative estimate of drug-likeness (QED) is 0.561. The van der Waals surface area contributed by atoms with Crippen LogP contribution in [0.1, 0.15) is 28.7 Å². The Morgan fingerprint density at radius 2 is 2.00 bits per heavy atom. The Morgan fingerprint density at radius 3 is 2.18 bits per heavy atom. The van der Waals surface area contributed by atoms with Gasteiger partial charge in [0.25, 0.3) is 0 Å². The van der Waals surface area contributed by atoms with Gasteiger partial charge in [-0.15, -0.1) is 0 Å². The molecule has 1 rings (SSSR count). The van der Waals surface area contributed by atoms with Gasteiger partial charge in [-0.05, 0) is 26.8 Å². The minimum absolute atomic E-state index is 0.145. The minimum atomic E-state index is 0.145. The van der Waals surface area contributed by atoms with Gasteiger partial charge >= 0.3 is 0 Å². The lowest BCUT2D eigenvalue weighted by Crippen LogP contribution is -1.97. The maximum atomic E-state index is 11.0. The summed E-state index contributed by atoms with van der Waals surface area (Å²) in [7, 11) is 1.97. The summed E-state index contributed by atoms with van der Waals surface area (Å²) >= 11 is 0. The molecule has 0 atom stereocenters. The van der Waals surface area contributed by atoms with E-state index in [0.717, 1.165) is 17.0 Å². The lowest BCUT2D eigenvalue weighted by Gasteiger charge is -1.98. The molecule has 0 radical (unpaired) electrons. The van der Waals surface area contributed by atoms with E-state index in [0.29, 0.717) is 0 Å². The van der Waals surface area contributed by atoms with E-state index >= 15 is 0 Å². The molecule has 0 N–H and O–H groups in total. The molecule has 1 heterocycles. The Labute approximate surface area is 66.8 Å². The van der Waals surface area contributed by atoms with Gasteiger partial charge < -0.3 is 4.57 Å². The second kappa shape index (κ2) is 2.53. The highest BCUT2D eigenvalue weighted by Gasteiger charge is 2.08. The summed E-state index contributed by atoms with van der Waals surface area (Å²) in [5.74, 6) is 0.145. The maximum absolute atomic E-state index is 11.0. The molecule has 1 aromatic rings. The van der Waals surface area contributed by atoms with Crippen molar-refractivity contribution in [2.24, 2.45) is 7.05 Å². The van der Waals surface area contributed by atoms with Crippen LogP contribution in [0.25, 0.3) is 0 Å². The van der Waals surface area contributed by atoms with E-state index in [9.17, 15) is 4.79 Å². The molecule has 0 saturated heterocycles. The monoisotopic (exact) mass is 151 g/mol. The van der Waals surface area contributed by atoms with Crippen LogP contribution in [0.3, 0.4) is 0 Å². The summed E-state index contributed by atoms with van der Waals surface area (Å²) in [6, 6.07) is 1.93. The van der Waals surface area contributed by atoms with Gasteiger partial charge in [-0.2, -0.15) is 0 Å². The Kier molecular flexibility index (Phi) is 1.85. The summed E-state index contributed by atoms with van der Waals surface area (Å²) in [5, 5.41) is 0. The molecule has 0 aliphatic rings. The van der Waals surface area contributed by atoms with Crippen molar-refractivity contribution in [3.63, 3.8) is 0 Å². The van der Waals surface area contributed by atoms with Crippen molar-refractivity contribution in [2.45, 2.75) is 20.8 Å². The molecule has 0 aromatic carbocycles. The van der Waals surface area contributed by atoms with E-state index in [2.05, 4.69) is 0 Å². The van der Waals surface area contributed by atoms with Gasteiger partial charge in [-0.25, -0.2) is 0 Å². The fraction of sp³-hybridized carbons (Fsp3) is 0.444. The zero-order chi connectivity index (χ0) is 8.59. The highest BCUT2D eigenvalue weighted by atomic mass is 16.1. The Morgan fingerprint density at radius 1 is 1.45 bits per heavy atom. The first-order valence-corrected chi connectivity index (χ1v) is 3.68. The van der Waals surface area contributed by atoms with E-state index in [1.165, 1.54) is 0 Å². The van der Waals surface area contributed by atoms with Crippen LogP contribution in [0, 0.1) is 13.8 Å². The van der Waals surface area contributed by atoms with Gasteiger partial charge in [-0.3, -0.25) is 4.79 Å². The van der Waals surface area contributed by atoms with Crippen LogP contribution in [0.15, 0.2) is 6.07 Å². The molecule has 0 spiro atoms. The van der Waals surface area contributed by atoms with Crippen LogP contribution in [-0.4, -0.2) is 10.4 Å². The number of nitrogens with zero attached hydrogens (tertiary/aromatic N) is 1. The van der Waals surface area contributed by atoms with Crippen molar-refractivity contribution in [1.82, 2.24) is 4.57 Å². The zero-order valence-electron chi connectivity index (χ0n) is 7.43. The summed E-state index contributed by atoms with van der Waals surface area (Å²) < 4.78 is 2.02. The molecule has 1 aromatic heterocycles. The fourth-order valence-corrected chi connectivity index (χ4v) is 1.21. The second-order valence-electron chi connectivity index (χ2n) is 2.90.